The average Bonchev–Trinajstić information content (AvgIpc) is 3.35. The Morgan fingerprint density at radius 3 is 2.55 bits per heavy atom. The standard InChI is InChI=1S/C25H22ClN3O2/c26-20-10-4-6-12-22(20)29-17-18(16-24(29)30)25-27-21-11-5-7-13-23(21)28(25)14-15-31-19-8-2-1-3-9-19/h1-13,18H,14-17H2/t18-/m1/s1. The zero-order chi connectivity index (χ0) is 21.2. The first kappa shape index (κ1) is 19.6. The second-order valence-corrected chi connectivity index (χ2v) is 8.04. The van der Waals surface area contributed by atoms with Crippen LogP contribution < -0.4 is 9.64 Å². The van der Waals surface area contributed by atoms with E-state index in [0.717, 1.165) is 28.3 Å². The number of fused-ring (bicyclic) bond motifs is 1. The second kappa shape index (κ2) is 8.44. The van der Waals surface area contributed by atoms with Crippen molar-refractivity contribution in [2.75, 3.05) is 18.1 Å². The molecule has 1 aliphatic rings. The number of halogens is 1. The van der Waals surface area contributed by atoms with E-state index in [-0.39, 0.29) is 11.8 Å². The third-order valence-electron chi connectivity index (χ3n) is 5.64. The lowest BCUT2D eigenvalue weighted by Gasteiger charge is -2.18. The summed E-state index contributed by atoms with van der Waals surface area (Å²) in [4.78, 5) is 19.5. The van der Waals surface area contributed by atoms with Crippen molar-refractivity contribution in [3.05, 3.63) is 89.7 Å². The van der Waals surface area contributed by atoms with E-state index in [0.29, 0.717) is 31.1 Å². The number of nitrogens with zero attached hydrogens (tertiary/aromatic N) is 3. The van der Waals surface area contributed by atoms with E-state index in [4.69, 9.17) is 21.3 Å². The molecule has 6 heteroatoms. The van der Waals surface area contributed by atoms with Gasteiger partial charge in [-0.05, 0) is 36.4 Å². The summed E-state index contributed by atoms with van der Waals surface area (Å²) < 4.78 is 8.12. The first-order valence-electron chi connectivity index (χ1n) is 10.4. The van der Waals surface area contributed by atoms with E-state index in [9.17, 15) is 4.79 Å². The lowest BCUT2D eigenvalue weighted by molar-refractivity contribution is -0.117. The summed E-state index contributed by atoms with van der Waals surface area (Å²) in [7, 11) is 0. The van der Waals surface area contributed by atoms with Gasteiger partial charge in [-0.1, -0.05) is 54.1 Å². The number of aromatic nitrogens is 2. The van der Waals surface area contributed by atoms with Gasteiger partial charge in [0.2, 0.25) is 5.91 Å². The number of rotatable bonds is 6. The van der Waals surface area contributed by atoms with Crippen molar-refractivity contribution in [3.63, 3.8) is 0 Å². The molecule has 5 rings (SSSR count). The minimum absolute atomic E-state index is 0.00658. The van der Waals surface area contributed by atoms with Crippen molar-refractivity contribution < 1.29 is 9.53 Å². The van der Waals surface area contributed by atoms with Crippen molar-refractivity contribution in [1.82, 2.24) is 9.55 Å². The fourth-order valence-electron chi connectivity index (χ4n) is 4.20. The molecule has 5 nitrogen and oxygen atoms in total. The lowest BCUT2D eigenvalue weighted by atomic mass is 10.1. The Labute approximate surface area is 185 Å². The van der Waals surface area contributed by atoms with Gasteiger partial charge < -0.3 is 14.2 Å². The number of hydrogen-bond acceptors (Lipinski definition) is 3. The molecule has 0 N–H and O–H groups in total. The minimum atomic E-state index is -0.00658. The Bertz CT molecular complexity index is 1220. The van der Waals surface area contributed by atoms with Gasteiger partial charge in [0.15, 0.2) is 0 Å². The van der Waals surface area contributed by atoms with Crippen molar-refractivity contribution in [1.29, 1.82) is 0 Å². The van der Waals surface area contributed by atoms with Crippen LogP contribution in [0.3, 0.4) is 0 Å². The van der Waals surface area contributed by atoms with E-state index < -0.39 is 0 Å². The summed E-state index contributed by atoms with van der Waals surface area (Å²) in [6.45, 7) is 1.74. The highest BCUT2D eigenvalue weighted by molar-refractivity contribution is 6.33. The van der Waals surface area contributed by atoms with Crippen molar-refractivity contribution in [3.8, 4) is 5.75 Å². The molecule has 0 radical (unpaired) electrons. The molecular weight excluding hydrogens is 410 g/mol. The molecule has 31 heavy (non-hydrogen) atoms. The number of ether oxygens (including phenoxy) is 1. The van der Waals surface area contributed by atoms with E-state index in [2.05, 4.69) is 10.6 Å². The molecule has 2 heterocycles. The summed E-state index contributed by atoms with van der Waals surface area (Å²) in [5, 5.41) is 0.585. The predicted octanol–water partition coefficient (Wildman–Crippen LogP) is 5.29. The van der Waals surface area contributed by atoms with Gasteiger partial charge in [0, 0.05) is 18.9 Å². The number of amides is 1. The number of hydrogen-bond donors (Lipinski definition) is 0. The van der Waals surface area contributed by atoms with E-state index in [1.165, 1.54) is 0 Å². The molecule has 4 aromatic rings. The molecule has 0 spiro atoms. The molecule has 1 amide bonds. The van der Waals surface area contributed by atoms with Gasteiger partial charge in [0.05, 0.1) is 28.3 Å². The van der Waals surface area contributed by atoms with Crippen molar-refractivity contribution in [2.45, 2.75) is 18.9 Å². The quantitative estimate of drug-likeness (QED) is 0.416. The topological polar surface area (TPSA) is 47.4 Å². The zero-order valence-electron chi connectivity index (χ0n) is 16.9. The Hall–Kier alpha value is -3.31. The number of carbonyl (C=O) groups excluding carboxylic acids is 1. The molecular formula is C25H22ClN3O2. The highest BCUT2D eigenvalue weighted by Gasteiger charge is 2.35. The number of benzene rings is 3. The van der Waals surface area contributed by atoms with E-state index >= 15 is 0 Å². The van der Waals surface area contributed by atoms with Gasteiger partial charge >= 0.3 is 0 Å². The summed E-state index contributed by atoms with van der Waals surface area (Å²) >= 11 is 6.35. The maximum atomic E-state index is 12.8. The number of anilines is 1. The largest absolute Gasteiger partial charge is 0.492 e. The third-order valence-corrected chi connectivity index (χ3v) is 5.96. The van der Waals surface area contributed by atoms with Crippen LogP contribution in [0.1, 0.15) is 18.2 Å². The van der Waals surface area contributed by atoms with Gasteiger partial charge in [0.1, 0.15) is 18.2 Å². The van der Waals surface area contributed by atoms with Crippen molar-refractivity contribution >= 4 is 34.2 Å². The number of carbonyl (C=O) groups is 1. The second-order valence-electron chi connectivity index (χ2n) is 7.63. The maximum Gasteiger partial charge on any atom is 0.227 e. The molecule has 0 aliphatic carbocycles. The summed E-state index contributed by atoms with van der Waals surface area (Å²) in [5.74, 6) is 1.82. The monoisotopic (exact) mass is 431 g/mol. The lowest BCUT2D eigenvalue weighted by Crippen LogP contribution is -2.25. The third kappa shape index (κ3) is 3.89. The SMILES string of the molecule is O=C1C[C@@H](c2nc3ccccc3n2CCOc2ccccc2)CN1c1ccccc1Cl. The summed E-state index contributed by atoms with van der Waals surface area (Å²) in [6.07, 6.45) is 0.411. The molecule has 1 atom stereocenters. The molecule has 3 aromatic carbocycles. The smallest absolute Gasteiger partial charge is 0.227 e. The predicted molar refractivity (Wildman–Crippen MR) is 123 cm³/mol. The van der Waals surface area contributed by atoms with Crippen LogP contribution in [-0.2, 0) is 11.3 Å². The first-order chi connectivity index (χ1) is 15.2. The van der Waals surface area contributed by atoms with Crippen LogP contribution in [0.25, 0.3) is 11.0 Å². The van der Waals surface area contributed by atoms with Crippen LogP contribution >= 0.6 is 11.6 Å². The van der Waals surface area contributed by atoms with Crippen LogP contribution in [0, 0.1) is 0 Å². The zero-order valence-corrected chi connectivity index (χ0v) is 17.7. The van der Waals surface area contributed by atoms with E-state index in [1.807, 2.05) is 72.8 Å². The van der Waals surface area contributed by atoms with Gasteiger partial charge in [-0.25, -0.2) is 4.98 Å². The molecule has 0 bridgehead atoms. The molecule has 1 aliphatic heterocycles. The normalized spacial score (nSPS) is 16.2. The Morgan fingerprint density at radius 1 is 0.968 bits per heavy atom. The fraction of sp³-hybridized carbons (Fsp3) is 0.200. The van der Waals surface area contributed by atoms with Crippen molar-refractivity contribution in [2.24, 2.45) is 0 Å². The molecule has 1 aromatic heterocycles. The average molecular weight is 432 g/mol. The molecule has 1 saturated heterocycles. The van der Waals surface area contributed by atoms with Crippen LogP contribution in [0.5, 0.6) is 5.75 Å². The molecule has 0 saturated carbocycles. The van der Waals surface area contributed by atoms with Gasteiger partial charge in [0.25, 0.3) is 0 Å². The van der Waals surface area contributed by atoms with Gasteiger partial charge in [-0.3, -0.25) is 4.79 Å². The maximum absolute atomic E-state index is 12.8. The van der Waals surface area contributed by atoms with E-state index in [1.54, 1.807) is 4.90 Å². The van der Waals surface area contributed by atoms with Crippen LogP contribution in [0.15, 0.2) is 78.9 Å². The molecule has 0 unspecified atom stereocenters. The number of para-hydroxylation sites is 4. The summed E-state index contributed by atoms with van der Waals surface area (Å²) in [5.41, 5.74) is 2.74. The fourth-order valence-corrected chi connectivity index (χ4v) is 4.43. The van der Waals surface area contributed by atoms with Gasteiger partial charge in [-0.15, -0.1) is 0 Å². The Kier molecular flexibility index (Phi) is 5.35. The van der Waals surface area contributed by atoms with Crippen LogP contribution in [0.2, 0.25) is 5.02 Å². The first-order valence-corrected chi connectivity index (χ1v) is 10.8. The number of imidazole rings is 1. The Balaban J connectivity index is 1.42. The highest BCUT2D eigenvalue weighted by atomic mass is 35.5. The highest BCUT2D eigenvalue weighted by Crippen LogP contribution is 2.36. The molecule has 1 fully saturated rings. The molecule has 156 valence electrons. The van der Waals surface area contributed by atoms with Crippen LogP contribution in [-0.4, -0.2) is 28.6 Å². The Morgan fingerprint density at radius 2 is 1.71 bits per heavy atom. The summed E-state index contributed by atoms with van der Waals surface area (Å²) in [6, 6.07) is 25.3. The van der Waals surface area contributed by atoms with Gasteiger partial charge in [-0.2, -0.15) is 0 Å². The minimum Gasteiger partial charge on any atom is -0.492 e. The van der Waals surface area contributed by atoms with Crippen LogP contribution in [0.4, 0.5) is 5.69 Å².